The fourth-order valence-corrected chi connectivity index (χ4v) is 3.92. The van der Waals surface area contributed by atoms with Crippen molar-refractivity contribution in [2.24, 2.45) is 0 Å². The minimum Gasteiger partial charge on any atom is -0.487 e. The number of nitrogens with one attached hydrogen (secondary N) is 1. The Bertz CT molecular complexity index is 867. The largest absolute Gasteiger partial charge is 0.487 e. The lowest BCUT2D eigenvalue weighted by Crippen LogP contribution is -2.34. The molecule has 1 N–H and O–H groups in total. The first kappa shape index (κ1) is 18.0. The molecule has 4 rings (SSSR count). The first-order chi connectivity index (χ1) is 13.2. The monoisotopic (exact) mass is 383 g/mol. The molecule has 0 saturated heterocycles. The van der Waals surface area contributed by atoms with Crippen molar-refractivity contribution in [2.45, 2.75) is 44.6 Å². The van der Waals surface area contributed by atoms with Crippen LogP contribution >= 0.6 is 11.6 Å². The second-order valence-corrected chi connectivity index (χ2v) is 7.48. The zero-order chi connectivity index (χ0) is 18.6. The Morgan fingerprint density at radius 2 is 2.11 bits per heavy atom. The van der Waals surface area contributed by atoms with Gasteiger partial charge in [0, 0.05) is 35.8 Å². The Kier molecular flexibility index (Phi) is 5.39. The van der Waals surface area contributed by atoms with Gasteiger partial charge in [0.25, 0.3) is 0 Å². The molecule has 1 aromatic carbocycles. The SMILES string of the molecule is O=C(CC1=CCCCC1)NC[C@H]1Cc2cc(Cl)cc(-c3ncccn3)c2O1. The topological polar surface area (TPSA) is 64.1 Å². The van der Waals surface area contributed by atoms with E-state index < -0.39 is 0 Å². The molecular formula is C21H22ClN3O2. The Labute approximate surface area is 163 Å². The standard InChI is InChI=1S/C21H22ClN3O2/c22-16-10-15-11-17(13-25-19(26)9-14-5-2-1-3-6-14)27-20(15)18(12-16)21-23-7-4-8-24-21/h4-5,7-8,10,12,17H,1-3,6,9,11,13H2,(H,25,26)/t17-/m1/s1. The van der Waals surface area contributed by atoms with Crippen molar-refractivity contribution in [1.82, 2.24) is 15.3 Å². The van der Waals surface area contributed by atoms with Gasteiger partial charge in [0.1, 0.15) is 11.9 Å². The van der Waals surface area contributed by atoms with E-state index in [2.05, 4.69) is 21.4 Å². The minimum absolute atomic E-state index is 0.0624. The highest BCUT2D eigenvalue weighted by Gasteiger charge is 2.27. The van der Waals surface area contributed by atoms with Gasteiger partial charge in [-0.1, -0.05) is 23.3 Å². The molecule has 0 unspecified atom stereocenters. The zero-order valence-electron chi connectivity index (χ0n) is 15.1. The van der Waals surface area contributed by atoms with Crippen LogP contribution in [0, 0.1) is 0 Å². The Balaban J connectivity index is 1.41. The maximum atomic E-state index is 12.2. The molecule has 6 heteroatoms. The molecule has 1 aliphatic heterocycles. The van der Waals surface area contributed by atoms with Crippen LogP contribution in [0.25, 0.3) is 11.4 Å². The number of nitrogens with zero attached hydrogens (tertiary/aromatic N) is 2. The number of hydrogen-bond acceptors (Lipinski definition) is 4. The highest BCUT2D eigenvalue weighted by molar-refractivity contribution is 6.31. The summed E-state index contributed by atoms with van der Waals surface area (Å²) in [6.45, 7) is 0.480. The van der Waals surface area contributed by atoms with E-state index in [1.165, 1.54) is 18.4 Å². The van der Waals surface area contributed by atoms with Crippen molar-refractivity contribution >= 4 is 17.5 Å². The van der Waals surface area contributed by atoms with E-state index in [1.807, 2.05) is 12.1 Å². The molecule has 5 nitrogen and oxygen atoms in total. The van der Waals surface area contributed by atoms with Gasteiger partial charge in [-0.3, -0.25) is 4.79 Å². The van der Waals surface area contributed by atoms with E-state index in [1.54, 1.807) is 18.5 Å². The van der Waals surface area contributed by atoms with Crippen molar-refractivity contribution in [3.8, 4) is 17.1 Å². The van der Waals surface area contributed by atoms with Gasteiger partial charge in [-0.25, -0.2) is 9.97 Å². The van der Waals surface area contributed by atoms with Gasteiger partial charge in [-0.05, 0) is 43.9 Å². The van der Waals surface area contributed by atoms with Crippen LogP contribution in [0.3, 0.4) is 0 Å². The highest BCUT2D eigenvalue weighted by atomic mass is 35.5. The van der Waals surface area contributed by atoms with Gasteiger partial charge in [0.05, 0.1) is 12.1 Å². The Hall–Kier alpha value is -2.40. The van der Waals surface area contributed by atoms with Crippen LogP contribution in [0.4, 0.5) is 0 Å². The first-order valence-electron chi connectivity index (χ1n) is 9.40. The van der Waals surface area contributed by atoms with Crippen molar-refractivity contribution < 1.29 is 9.53 Å². The molecular weight excluding hydrogens is 362 g/mol. The number of benzene rings is 1. The molecule has 0 radical (unpaired) electrons. The molecule has 2 aliphatic rings. The summed E-state index contributed by atoms with van der Waals surface area (Å²) in [5.41, 5.74) is 3.07. The van der Waals surface area contributed by atoms with Crippen molar-refractivity contribution in [1.29, 1.82) is 0 Å². The summed E-state index contributed by atoms with van der Waals surface area (Å²) in [6, 6.07) is 5.51. The van der Waals surface area contributed by atoms with Gasteiger partial charge < -0.3 is 10.1 Å². The molecule has 0 spiro atoms. The Morgan fingerprint density at radius 3 is 2.89 bits per heavy atom. The maximum absolute atomic E-state index is 12.2. The van der Waals surface area contributed by atoms with Crippen LogP contribution in [0.1, 0.15) is 37.7 Å². The van der Waals surface area contributed by atoms with Gasteiger partial charge in [-0.15, -0.1) is 0 Å². The number of allylic oxidation sites excluding steroid dienone is 1. The summed E-state index contributed by atoms with van der Waals surface area (Å²) in [7, 11) is 0. The summed E-state index contributed by atoms with van der Waals surface area (Å²) in [4.78, 5) is 20.8. The van der Waals surface area contributed by atoms with E-state index >= 15 is 0 Å². The molecule has 2 heterocycles. The average molecular weight is 384 g/mol. The second-order valence-electron chi connectivity index (χ2n) is 7.05. The summed E-state index contributed by atoms with van der Waals surface area (Å²) in [5.74, 6) is 1.41. The number of carbonyl (C=O) groups excluding carboxylic acids is 1. The summed E-state index contributed by atoms with van der Waals surface area (Å²) in [6.07, 6.45) is 11.2. The number of rotatable bonds is 5. The molecule has 0 fully saturated rings. The number of halogens is 1. The molecule has 1 atom stereocenters. The third kappa shape index (κ3) is 4.30. The number of carbonyl (C=O) groups is 1. The maximum Gasteiger partial charge on any atom is 0.224 e. The Morgan fingerprint density at radius 1 is 1.26 bits per heavy atom. The van der Waals surface area contributed by atoms with Gasteiger partial charge in [-0.2, -0.15) is 0 Å². The molecule has 2 aromatic rings. The van der Waals surface area contributed by atoms with Crippen LogP contribution in [-0.4, -0.2) is 28.5 Å². The number of fused-ring (bicyclic) bond motifs is 1. The number of ether oxygens (including phenoxy) is 1. The van der Waals surface area contributed by atoms with E-state index in [0.29, 0.717) is 30.2 Å². The molecule has 27 heavy (non-hydrogen) atoms. The molecule has 0 saturated carbocycles. The van der Waals surface area contributed by atoms with Crippen molar-refractivity contribution in [2.75, 3.05) is 6.54 Å². The average Bonchev–Trinajstić information content (AvgIpc) is 3.10. The quantitative estimate of drug-likeness (QED) is 0.789. The van der Waals surface area contributed by atoms with Crippen molar-refractivity contribution in [3.63, 3.8) is 0 Å². The van der Waals surface area contributed by atoms with Crippen LogP contribution in [0.2, 0.25) is 5.02 Å². The van der Waals surface area contributed by atoms with E-state index in [9.17, 15) is 4.79 Å². The predicted octanol–water partition coefficient (Wildman–Crippen LogP) is 4.11. The lowest BCUT2D eigenvalue weighted by atomic mass is 9.97. The second kappa shape index (κ2) is 8.09. The molecule has 1 aromatic heterocycles. The van der Waals surface area contributed by atoms with E-state index in [-0.39, 0.29) is 12.0 Å². The number of hydrogen-bond donors (Lipinski definition) is 1. The smallest absolute Gasteiger partial charge is 0.224 e. The summed E-state index contributed by atoms with van der Waals surface area (Å²) in [5, 5.41) is 3.64. The fraction of sp³-hybridized carbons (Fsp3) is 0.381. The van der Waals surface area contributed by atoms with Gasteiger partial charge in [0.2, 0.25) is 5.91 Å². The fourth-order valence-electron chi connectivity index (χ4n) is 3.67. The number of aromatic nitrogens is 2. The van der Waals surface area contributed by atoms with Crippen molar-refractivity contribution in [3.05, 3.63) is 52.8 Å². The van der Waals surface area contributed by atoms with E-state index in [4.69, 9.17) is 16.3 Å². The van der Waals surface area contributed by atoms with Crippen LogP contribution in [-0.2, 0) is 11.2 Å². The van der Waals surface area contributed by atoms with Crippen LogP contribution in [0.15, 0.2) is 42.2 Å². The molecule has 1 amide bonds. The highest BCUT2D eigenvalue weighted by Crippen LogP contribution is 2.39. The predicted molar refractivity (Wildman–Crippen MR) is 105 cm³/mol. The molecule has 0 bridgehead atoms. The zero-order valence-corrected chi connectivity index (χ0v) is 15.8. The summed E-state index contributed by atoms with van der Waals surface area (Å²) >= 11 is 6.28. The van der Waals surface area contributed by atoms with Crippen LogP contribution in [0.5, 0.6) is 5.75 Å². The number of amides is 1. The first-order valence-corrected chi connectivity index (χ1v) is 9.78. The lowest BCUT2D eigenvalue weighted by molar-refractivity contribution is -0.120. The van der Waals surface area contributed by atoms with E-state index in [0.717, 1.165) is 29.7 Å². The molecule has 140 valence electrons. The van der Waals surface area contributed by atoms with Gasteiger partial charge in [0.15, 0.2) is 5.82 Å². The summed E-state index contributed by atoms with van der Waals surface area (Å²) < 4.78 is 6.12. The third-order valence-corrected chi connectivity index (χ3v) is 5.19. The van der Waals surface area contributed by atoms with Gasteiger partial charge >= 0.3 is 0 Å². The molecule has 1 aliphatic carbocycles. The minimum atomic E-state index is -0.106. The normalized spacial score (nSPS) is 18.4. The van der Waals surface area contributed by atoms with Crippen LogP contribution < -0.4 is 10.1 Å². The third-order valence-electron chi connectivity index (χ3n) is 4.97. The lowest BCUT2D eigenvalue weighted by Gasteiger charge is -2.15.